The molecule has 0 saturated carbocycles. The number of nitrogens with zero attached hydrogens (tertiary/aromatic N) is 1. The maximum absolute atomic E-state index is 12.7. The second-order valence-corrected chi connectivity index (χ2v) is 7.89. The van der Waals surface area contributed by atoms with Crippen molar-refractivity contribution in [3.63, 3.8) is 0 Å². The Balaban J connectivity index is 1.86. The van der Waals surface area contributed by atoms with Gasteiger partial charge in [0.25, 0.3) is 11.6 Å². The van der Waals surface area contributed by atoms with Crippen LogP contribution in [0, 0.1) is 10.1 Å². The van der Waals surface area contributed by atoms with Gasteiger partial charge in [0.15, 0.2) is 4.90 Å². The zero-order valence-corrected chi connectivity index (χ0v) is 17.1. The molecular formula is C21H21N3O5S. The average Bonchev–Trinajstić information content (AvgIpc) is 2.74. The summed E-state index contributed by atoms with van der Waals surface area (Å²) in [6.07, 6.45) is 1.76. The Morgan fingerprint density at radius 3 is 2.67 bits per heavy atom. The molecule has 0 spiro atoms. The fourth-order valence-corrected chi connectivity index (χ4v) is 3.84. The molecule has 0 aliphatic carbocycles. The van der Waals surface area contributed by atoms with Crippen molar-refractivity contribution >= 4 is 39.4 Å². The third kappa shape index (κ3) is 4.70. The SMILES string of the molecule is CCCCN[S+]([O-])c1ccc(NC(=O)c2ccc3ccccc3c2O)c([N+](=O)[O-])c1. The number of phenolic OH excluding ortho intramolecular Hbond substituents is 1. The van der Waals surface area contributed by atoms with Crippen LogP contribution in [0.5, 0.6) is 5.75 Å². The van der Waals surface area contributed by atoms with Crippen molar-refractivity contribution in [1.82, 2.24) is 4.72 Å². The fourth-order valence-electron chi connectivity index (χ4n) is 2.94. The first-order valence-electron chi connectivity index (χ1n) is 9.38. The number of hydrogen-bond donors (Lipinski definition) is 3. The van der Waals surface area contributed by atoms with Crippen molar-refractivity contribution in [3.05, 3.63) is 70.3 Å². The number of rotatable bonds is 8. The number of anilines is 1. The molecule has 0 aliphatic rings. The lowest BCUT2D eigenvalue weighted by Crippen LogP contribution is -2.25. The van der Waals surface area contributed by atoms with Crippen molar-refractivity contribution in [1.29, 1.82) is 0 Å². The van der Waals surface area contributed by atoms with Gasteiger partial charge in [-0.25, -0.2) is 0 Å². The fraction of sp³-hybridized carbons (Fsp3) is 0.190. The largest absolute Gasteiger partial charge is 0.593 e. The van der Waals surface area contributed by atoms with Crippen LogP contribution in [0.4, 0.5) is 11.4 Å². The number of nitro groups is 1. The molecule has 3 rings (SSSR count). The number of amides is 1. The van der Waals surface area contributed by atoms with E-state index in [2.05, 4.69) is 10.0 Å². The lowest BCUT2D eigenvalue weighted by Gasteiger charge is -2.12. The number of nitro benzene ring substituents is 1. The van der Waals surface area contributed by atoms with Crippen LogP contribution in [0.15, 0.2) is 59.5 Å². The second-order valence-electron chi connectivity index (χ2n) is 6.59. The minimum atomic E-state index is -1.60. The van der Waals surface area contributed by atoms with Gasteiger partial charge >= 0.3 is 0 Å². The molecule has 1 amide bonds. The van der Waals surface area contributed by atoms with Gasteiger partial charge in [-0.2, -0.15) is 0 Å². The number of benzene rings is 3. The van der Waals surface area contributed by atoms with Crippen molar-refractivity contribution in [2.24, 2.45) is 0 Å². The molecule has 0 bridgehead atoms. The molecule has 3 N–H and O–H groups in total. The molecule has 30 heavy (non-hydrogen) atoms. The maximum Gasteiger partial charge on any atom is 0.297 e. The molecule has 8 nitrogen and oxygen atoms in total. The quantitative estimate of drug-likeness (QED) is 0.215. The number of hydrogen-bond acceptors (Lipinski definition) is 6. The summed E-state index contributed by atoms with van der Waals surface area (Å²) in [7, 11) is 0. The van der Waals surface area contributed by atoms with Crippen LogP contribution in [0.1, 0.15) is 30.1 Å². The predicted octanol–water partition coefficient (Wildman–Crippen LogP) is 4.12. The Kier molecular flexibility index (Phi) is 6.88. The summed E-state index contributed by atoms with van der Waals surface area (Å²) in [4.78, 5) is 23.8. The summed E-state index contributed by atoms with van der Waals surface area (Å²) in [5.74, 6) is -0.887. The van der Waals surface area contributed by atoms with Gasteiger partial charge in [-0.05, 0) is 30.0 Å². The number of carbonyl (C=O) groups is 1. The first-order valence-corrected chi connectivity index (χ1v) is 10.5. The van der Waals surface area contributed by atoms with E-state index in [1.807, 2.05) is 13.0 Å². The van der Waals surface area contributed by atoms with Crippen molar-refractivity contribution in [2.45, 2.75) is 24.7 Å². The summed E-state index contributed by atoms with van der Waals surface area (Å²) in [5, 5.41) is 25.7. The highest BCUT2D eigenvalue weighted by Gasteiger charge is 2.23. The molecule has 9 heteroatoms. The molecular weight excluding hydrogens is 406 g/mol. The summed E-state index contributed by atoms with van der Waals surface area (Å²) in [6.45, 7) is 2.52. The number of phenols is 1. The van der Waals surface area contributed by atoms with E-state index in [0.29, 0.717) is 11.9 Å². The summed E-state index contributed by atoms with van der Waals surface area (Å²) >= 11 is -1.60. The van der Waals surface area contributed by atoms with E-state index in [1.165, 1.54) is 24.3 Å². The summed E-state index contributed by atoms with van der Waals surface area (Å²) < 4.78 is 15.1. The normalized spacial score (nSPS) is 11.9. The van der Waals surface area contributed by atoms with Gasteiger partial charge in [0.05, 0.1) is 27.9 Å². The predicted molar refractivity (Wildman–Crippen MR) is 116 cm³/mol. The Morgan fingerprint density at radius 2 is 1.93 bits per heavy atom. The van der Waals surface area contributed by atoms with E-state index >= 15 is 0 Å². The van der Waals surface area contributed by atoms with Gasteiger partial charge < -0.3 is 15.0 Å². The molecule has 0 radical (unpaired) electrons. The van der Waals surface area contributed by atoms with Gasteiger partial charge in [0.2, 0.25) is 0 Å². The molecule has 0 aromatic heterocycles. The zero-order chi connectivity index (χ0) is 21.7. The monoisotopic (exact) mass is 427 g/mol. The zero-order valence-electron chi connectivity index (χ0n) is 16.3. The molecule has 0 fully saturated rings. The van der Waals surface area contributed by atoms with E-state index in [1.54, 1.807) is 24.3 Å². The standard InChI is InChI=1S/C21H21N3O5S/c1-2-3-12-22-30(29)15-9-11-18(19(13-15)24(27)28)23-21(26)17-10-8-14-6-4-5-7-16(14)20(17)25/h4-11,13,22,25H,2-3,12H2,1H3,(H,23,26). The van der Waals surface area contributed by atoms with Gasteiger partial charge in [-0.1, -0.05) is 43.7 Å². The minimum Gasteiger partial charge on any atom is -0.593 e. The first-order chi connectivity index (χ1) is 14.4. The van der Waals surface area contributed by atoms with E-state index in [0.717, 1.165) is 18.2 Å². The highest BCUT2D eigenvalue weighted by atomic mass is 32.2. The molecule has 3 aromatic rings. The maximum atomic E-state index is 12.7. The molecule has 1 atom stereocenters. The highest BCUT2D eigenvalue weighted by Crippen LogP contribution is 2.31. The van der Waals surface area contributed by atoms with E-state index < -0.39 is 22.2 Å². The third-order valence-corrected chi connectivity index (χ3v) is 5.69. The number of nitrogens with one attached hydrogen (secondary N) is 2. The van der Waals surface area contributed by atoms with Crippen molar-refractivity contribution in [3.8, 4) is 5.75 Å². The number of carbonyl (C=O) groups excluding carboxylic acids is 1. The first kappa shape index (κ1) is 21.6. The molecule has 0 aliphatic heterocycles. The molecule has 0 heterocycles. The van der Waals surface area contributed by atoms with Crippen LogP contribution in [0.2, 0.25) is 0 Å². The average molecular weight is 427 g/mol. The van der Waals surface area contributed by atoms with Gasteiger partial charge in [-0.15, -0.1) is 4.72 Å². The number of fused-ring (bicyclic) bond motifs is 1. The molecule has 3 aromatic carbocycles. The Hall–Kier alpha value is -3.14. The van der Waals surface area contributed by atoms with Crippen molar-refractivity contribution < 1.29 is 19.4 Å². The van der Waals surface area contributed by atoms with E-state index in [4.69, 9.17) is 0 Å². The van der Waals surface area contributed by atoms with Crippen LogP contribution in [0.25, 0.3) is 10.8 Å². The smallest absolute Gasteiger partial charge is 0.297 e. The second kappa shape index (κ2) is 9.57. The van der Waals surface area contributed by atoms with Crippen LogP contribution in [0.3, 0.4) is 0 Å². The number of aromatic hydroxyl groups is 1. The van der Waals surface area contributed by atoms with Crippen molar-refractivity contribution in [2.75, 3.05) is 11.9 Å². The Labute approximate surface area is 176 Å². The van der Waals surface area contributed by atoms with Crippen LogP contribution in [-0.4, -0.2) is 27.0 Å². The van der Waals surface area contributed by atoms with Crippen LogP contribution < -0.4 is 10.0 Å². The van der Waals surface area contributed by atoms with Gasteiger partial charge in [0.1, 0.15) is 11.4 Å². The van der Waals surface area contributed by atoms with Crippen LogP contribution >= 0.6 is 0 Å². The Bertz CT molecular complexity index is 1090. The summed E-state index contributed by atoms with van der Waals surface area (Å²) in [6, 6.07) is 14.1. The molecule has 156 valence electrons. The lowest BCUT2D eigenvalue weighted by molar-refractivity contribution is -0.384. The Morgan fingerprint density at radius 1 is 1.17 bits per heavy atom. The van der Waals surface area contributed by atoms with E-state index in [9.17, 15) is 24.6 Å². The topological polar surface area (TPSA) is 128 Å². The lowest BCUT2D eigenvalue weighted by atomic mass is 10.0. The number of unbranched alkanes of at least 4 members (excludes halogenated alkanes) is 1. The molecule has 1 unspecified atom stereocenters. The van der Waals surface area contributed by atoms with Gasteiger partial charge in [-0.3, -0.25) is 14.9 Å². The molecule has 0 saturated heterocycles. The highest BCUT2D eigenvalue weighted by molar-refractivity contribution is 7.89. The van der Waals surface area contributed by atoms with Crippen LogP contribution in [-0.2, 0) is 11.4 Å². The summed E-state index contributed by atoms with van der Waals surface area (Å²) in [5.41, 5.74) is -0.435. The van der Waals surface area contributed by atoms with Gasteiger partial charge in [0, 0.05) is 11.9 Å². The minimum absolute atomic E-state index is 0.00289. The van der Waals surface area contributed by atoms with E-state index in [-0.39, 0.29) is 27.6 Å². The third-order valence-electron chi connectivity index (χ3n) is 4.54.